The summed E-state index contributed by atoms with van der Waals surface area (Å²) in [6, 6.07) is 4.81. The lowest BCUT2D eigenvalue weighted by atomic mass is 10.1. The van der Waals surface area contributed by atoms with E-state index in [2.05, 4.69) is 25.7 Å². The van der Waals surface area contributed by atoms with Crippen molar-refractivity contribution in [2.45, 2.75) is 13.0 Å². The van der Waals surface area contributed by atoms with Gasteiger partial charge in [0.05, 0.1) is 6.20 Å². The van der Waals surface area contributed by atoms with Crippen molar-refractivity contribution in [1.82, 2.24) is 25.4 Å². The van der Waals surface area contributed by atoms with Crippen LogP contribution < -0.4 is 10.6 Å². The number of hydrogen-bond donors (Lipinski definition) is 3. The summed E-state index contributed by atoms with van der Waals surface area (Å²) in [5, 5.41) is 11.7. The fraction of sp³-hybridized carbons (Fsp3) is 0.294. The van der Waals surface area contributed by atoms with Crippen LogP contribution in [0.5, 0.6) is 0 Å². The highest BCUT2D eigenvalue weighted by Gasteiger charge is 2.05. The number of rotatable bonds is 5. The zero-order chi connectivity index (χ0) is 16.9. The molecule has 2 heterocycles. The lowest BCUT2D eigenvalue weighted by Gasteiger charge is -2.10. The highest BCUT2D eigenvalue weighted by atomic mass is 19.1. The predicted octanol–water partition coefficient (Wildman–Crippen LogP) is 1.95. The lowest BCUT2D eigenvalue weighted by Crippen LogP contribution is -2.37. The van der Waals surface area contributed by atoms with Gasteiger partial charge < -0.3 is 15.6 Å². The monoisotopic (exact) mass is 328 g/mol. The molecule has 0 fully saturated rings. The molecule has 2 aromatic heterocycles. The van der Waals surface area contributed by atoms with E-state index in [-0.39, 0.29) is 5.82 Å². The molecule has 0 atom stereocenters. The number of aryl methyl sites for hydroxylation is 1. The molecule has 0 unspecified atom stereocenters. The standard InChI is InChI=1S/C17H21FN6/c1-19-17(22-8-12-9-23-24(2)11-12)20-6-5-13-10-21-16-7-14(18)3-4-15(13)16/h3-4,7,9-11,21H,5-6,8H2,1-2H3,(H2,19,20,22). The van der Waals surface area contributed by atoms with Gasteiger partial charge in [0.2, 0.25) is 0 Å². The van der Waals surface area contributed by atoms with Crippen molar-refractivity contribution in [2.24, 2.45) is 12.0 Å². The summed E-state index contributed by atoms with van der Waals surface area (Å²) in [4.78, 5) is 7.32. The molecule has 0 aliphatic rings. The first-order valence-corrected chi connectivity index (χ1v) is 7.83. The molecular weight excluding hydrogens is 307 g/mol. The van der Waals surface area contributed by atoms with Crippen molar-refractivity contribution in [3.63, 3.8) is 0 Å². The van der Waals surface area contributed by atoms with Crippen molar-refractivity contribution < 1.29 is 4.39 Å². The maximum absolute atomic E-state index is 13.2. The third kappa shape index (κ3) is 3.73. The van der Waals surface area contributed by atoms with Crippen LogP contribution in [0.25, 0.3) is 10.9 Å². The van der Waals surface area contributed by atoms with Crippen LogP contribution in [0, 0.1) is 5.82 Å². The molecule has 0 aliphatic heterocycles. The molecule has 0 saturated heterocycles. The maximum atomic E-state index is 13.2. The van der Waals surface area contributed by atoms with E-state index >= 15 is 0 Å². The fourth-order valence-corrected chi connectivity index (χ4v) is 2.65. The van der Waals surface area contributed by atoms with Gasteiger partial charge in [-0.05, 0) is 30.2 Å². The first kappa shape index (κ1) is 16.0. The molecule has 3 aromatic rings. The SMILES string of the molecule is CN=C(NCCc1c[nH]c2cc(F)ccc12)NCc1cnn(C)c1. The van der Waals surface area contributed by atoms with E-state index < -0.39 is 0 Å². The van der Waals surface area contributed by atoms with E-state index in [4.69, 9.17) is 0 Å². The Bertz CT molecular complexity index is 848. The van der Waals surface area contributed by atoms with Gasteiger partial charge in [-0.3, -0.25) is 9.67 Å². The molecule has 0 bridgehead atoms. The second kappa shape index (κ2) is 7.16. The van der Waals surface area contributed by atoms with Crippen molar-refractivity contribution >= 4 is 16.9 Å². The first-order valence-electron chi connectivity index (χ1n) is 7.83. The molecule has 0 amide bonds. The number of aliphatic imine (C=N–C) groups is 1. The minimum absolute atomic E-state index is 0.228. The molecular formula is C17H21FN6. The molecule has 126 valence electrons. The van der Waals surface area contributed by atoms with Crippen LogP contribution >= 0.6 is 0 Å². The number of hydrogen-bond acceptors (Lipinski definition) is 2. The van der Waals surface area contributed by atoms with Gasteiger partial charge in [0.25, 0.3) is 0 Å². The quantitative estimate of drug-likeness (QED) is 0.495. The van der Waals surface area contributed by atoms with E-state index in [1.54, 1.807) is 11.7 Å². The van der Waals surface area contributed by atoms with Gasteiger partial charge in [0, 0.05) is 56.0 Å². The lowest BCUT2D eigenvalue weighted by molar-refractivity contribution is 0.629. The number of fused-ring (bicyclic) bond motifs is 1. The van der Waals surface area contributed by atoms with Crippen LogP contribution in [0.4, 0.5) is 4.39 Å². The molecule has 3 N–H and O–H groups in total. The molecule has 0 aliphatic carbocycles. The van der Waals surface area contributed by atoms with Gasteiger partial charge in [0.1, 0.15) is 5.82 Å². The van der Waals surface area contributed by atoms with Crippen molar-refractivity contribution in [3.8, 4) is 0 Å². The summed E-state index contributed by atoms with van der Waals surface area (Å²) < 4.78 is 15.0. The summed E-state index contributed by atoms with van der Waals surface area (Å²) in [5.41, 5.74) is 3.07. The normalized spacial score (nSPS) is 11.9. The topological polar surface area (TPSA) is 70.0 Å². The molecule has 6 nitrogen and oxygen atoms in total. The largest absolute Gasteiger partial charge is 0.361 e. The Morgan fingerprint density at radius 1 is 1.38 bits per heavy atom. The van der Waals surface area contributed by atoms with Crippen LogP contribution in [0.3, 0.4) is 0 Å². The Morgan fingerprint density at radius 3 is 3.00 bits per heavy atom. The minimum atomic E-state index is -0.228. The van der Waals surface area contributed by atoms with Crippen LogP contribution in [0.15, 0.2) is 41.8 Å². The van der Waals surface area contributed by atoms with Gasteiger partial charge in [-0.25, -0.2) is 4.39 Å². The highest BCUT2D eigenvalue weighted by Crippen LogP contribution is 2.19. The van der Waals surface area contributed by atoms with E-state index in [1.165, 1.54) is 12.1 Å². The number of H-pyrrole nitrogens is 1. The summed E-state index contributed by atoms with van der Waals surface area (Å²) in [7, 11) is 3.64. The third-order valence-corrected chi connectivity index (χ3v) is 3.86. The Balaban J connectivity index is 1.52. The van der Waals surface area contributed by atoms with Gasteiger partial charge in [-0.15, -0.1) is 0 Å². The average Bonchev–Trinajstić information content (AvgIpc) is 3.16. The number of nitrogens with zero attached hydrogens (tertiary/aromatic N) is 3. The summed E-state index contributed by atoms with van der Waals surface area (Å²) in [6.07, 6.45) is 6.54. The number of benzene rings is 1. The molecule has 3 rings (SSSR count). The number of aromatic amines is 1. The number of aromatic nitrogens is 3. The zero-order valence-corrected chi connectivity index (χ0v) is 13.8. The third-order valence-electron chi connectivity index (χ3n) is 3.86. The molecule has 1 aromatic carbocycles. The Kier molecular flexibility index (Phi) is 4.79. The minimum Gasteiger partial charge on any atom is -0.361 e. The van der Waals surface area contributed by atoms with Crippen LogP contribution in [0.2, 0.25) is 0 Å². The molecule has 7 heteroatoms. The Hall–Kier alpha value is -2.83. The molecule has 0 spiro atoms. The number of guanidine groups is 1. The first-order chi connectivity index (χ1) is 11.7. The van der Waals surface area contributed by atoms with Crippen molar-refractivity contribution in [2.75, 3.05) is 13.6 Å². The van der Waals surface area contributed by atoms with Gasteiger partial charge in [-0.2, -0.15) is 5.10 Å². The van der Waals surface area contributed by atoms with Crippen molar-refractivity contribution in [3.05, 3.63) is 53.7 Å². The van der Waals surface area contributed by atoms with Gasteiger partial charge in [-0.1, -0.05) is 0 Å². The Labute approximate surface area is 139 Å². The summed E-state index contributed by atoms with van der Waals surface area (Å²) in [5.74, 6) is 0.513. The molecule has 24 heavy (non-hydrogen) atoms. The average molecular weight is 328 g/mol. The van der Waals surface area contributed by atoms with Gasteiger partial charge >= 0.3 is 0 Å². The molecule has 0 saturated carbocycles. The summed E-state index contributed by atoms with van der Waals surface area (Å²) in [6.45, 7) is 1.40. The highest BCUT2D eigenvalue weighted by molar-refractivity contribution is 5.83. The fourth-order valence-electron chi connectivity index (χ4n) is 2.65. The Morgan fingerprint density at radius 2 is 2.25 bits per heavy atom. The van der Waals surface area contributed by atoms with Crippen LogP contribution in [0.1, 0.15) is 11.1 Å². The molecule has 0 radical (unpaired) electrons. The second-order valence-electron chi connectivity index (χ2n) is 5.63. The van der Waals surface area contributed by atoms with E-state index in [1.807, 2.05) is 31.7 Å². The van der Waals surface area contributed by atoms with Gasteiger partial charge in [0.15, 0.2) is 5.96 Å². The zero-order valence-electron chi connectivity index (χ0n) is 13.8. The number of halogens is 1. The maximum Gasteiger partial charge on any atom is 0.191 e. The second-order valence-corrected chi connectivity index (χ2v) is 5.63. The number of nitrogens with one attached hydrogen (secondary N) is 3. The van der Waals surface area contributed by atoms with E-state index in [0.717, 1.165) is 41.0 Å². The van der Waals surface area contributed by atoms with E-state index in [0.29, 0.717) is 6.54 Å². The van der Waals surface area contributed by atoms with Crippen LogP contribution in [-0.2, 0) is 20.0 Å². The van der Waals surface area contributed by atoms with Crippen LogP contribution in [-0.4, -0.2) is 34.3 Å². The predicted molar refractivity (Wildman–Crippen MR) is 93.4 cm³/mol. The van der Waals surface area contributed by atoms with E-state index in [9.17, 15) is 4.39 Å². The summed E-state index contributed by atoms with van der Waals surface area (Å²) >= 11 is 0. The van der Waals surface area contributed by atoms with Crippen molar-refractivity contribution in [1.29, 1.82) is 0 Å². The smallest absolute Gasteiger partial charge is 0.191 e.